The third kappa shape index (κ3) is 2.51. The predicted molar refractivity (Wildman–Crippen MR) is 70.2 cm³/mol. The second kappa shape index (κ2) is 4.85. The van der Waals surface area contributed by atoms with Crippen LogP contribution in [0.25, 0.3) is 0 Å². The van der Waals surface area contributed by atoms with Gasteiger partial charge in [-0.15, -0.1) is 10.2 Å². The number of carbonyl (C=O) groups excluding carboxylic acids is 1. The molecule has 0 saturated heterocycles. The van der Waals surface area contributed by atoms with Gasteiger partial charge >= 0.3 is 5.97 Å². The van der Waals surface area contributed by atoms with E-state index in [9.17, 15) is 4.79 Å². The van der Waals surface area contributed by atoms with Crippen molar-refractivity contribution in [3.8, 4) is 5.88 Å². The van der Waals surface area contributed by atoms with Crippen LogP contribution in [0.2, 0.25) is 5.15 Å². The van der Waals surface area contributed by atoms with Crippen LogP contribution in [0.1, 0.15) is 5.56 Å². The third-order valence-corrected chi connectivity index (χ3v) is 3.07. The van der Waals surface area contributed by atoms with E-state index in [1.165, 1.54) is 12.1 Å². The Hall–Kier alpha value is -2.14. The molecule has 0 amide bonds. The van der Waals surface area contributed by atoms with E-state index in [2.05, 4.69) is 15.5 Å². The maximum Gasteiger partial charge on any atom is 0.335 e. The van der Waals surface area contributed by atoms with Crippen LogP contribution in [-0.2, 0) is 11.2 Å². The van der Waals surface area contributed by atoms with E-state index in [1.807, 2.05) is 24.3 Å². The number of rotatable bonds is 2. The predicted octanol–water partition coefficient (Wildman–Crippen LogP) is 2.07. The molecule has 0 radical (unpaired) electrons. The standard InChI is InChI=1S/C13H10ClN3O2/c14-11-5-6-12(17-16-11)19-13(18)10-7-8-3-1-2-4-9(8)15-10/h1-6,10,15H,7H2/t10-/m1/s1. The van der Waals surface area contributed by atoms with Gasteiger partial charge in [0, 0.05) is 18.2 Å². The lowest BCUT2D eigenvalue weighted by atomic mass is 10.1. The minimum atomic E-state index is -0.394. The molecular weight excluding hydrogens is 266 g/mol. The van der Waals surface area contributed by atoms with Crippen molar-refractivity contribution in [2.75, 3.05) is 5.32 Å². The smallest absolute Gasteiger partial charge is 0.335 e. The zero-order valence-corrected chi connectivity index (χ0v) is 10.6. The second-order valence-electron chi connectivity index (χ2n) is 4.17. The number of esters is 1. The summed E-state index contributed by atoms with van der Waals surface area (Å²) in [5.74, 6) is -0.236. The molecule has 1 aromatic heterocycles. The van der Waals surface area contributed by atoms with Crippen LogP contribution in [0.5, 0.6) is 5.88 Å². The number of nitrogens with zero attached hydrogens (tertiary/aromatic N) is 2. The number of fused-ring (bicyclic) bond motifs is 1. The maximum absolute atomic E-state index is 12.0. The Kier molecular flexibility index (Phi) is 3.05. The lowest BCUT2D eigenvalue weighted by Gasteiger charge is -2.09. The van der Waals surface area contributed by atoms with Gasteiger partial charge in [-0.1, -0.05) is 29.8 Å². The van der Waals surface area contributed by atoms with Gasteiger partial charge in [0.2, 0.25) is 5.88 Å². The molecule has 3 rings (SSSR count). The molecule has 1 N–H and O–H groups in total. The third-order valence-electron chi connectivity index (χ3n) is 2.87. The largest absolute Gasteiger partial charge is 0.404 e. The van der Waals surface area contributed by atoms with Crippen molar-refractivity contribution in [2.24, 2.45) is 0 Å². The van der Waals surface area contributed by atoms with Crippen LogP contribution in [0.15, 0.2) is 36.4 Å². The summed E-state index contributed by atoms with van der Waals surface area (Å²) in [6, 6.07) is 10.4. The normalized spacial score (nSPS) is 16.6. The van der Waals surface area contributed by atoms with Gasteiger partial charge in [-0.05, 0) is 17.7 Å². The number of anilines is 1. The van der Waals surface area contributed by atoms with Crippen LogP contribution >= 0.6 is 11.6 Å². The highest BCUT2D eigenvalue weighted by Gasteiger charge is 2.28. The summed E-state index contributed by atoms with van der Waals surface area (Å²) >= 11 is 5.61. The van der Waals surface area contributed by atoms with Crippen molar-refractivity contribution in [2.45, 2.75) is 12.5 Å². The first-order chi connectivity index (χ1) is 9.22. The molecule has 2 heterocycles. The molecule has 0 bridgehead atoms. The molecule has 1 aliphatic heterocycles. The highest BCUT2D eigenvalue weighted by molar-refractivity contribution is 6.29. The zero-order valence-electron chi connectivity index (χ0n) is 9.84. The maximum atomic E-state index is 12.0. The van der Waals surface area contributed by atoms with Gasteiger partial charge in [-0.3, -0.25) is 0 Å². The van der Waals surface area contributed by atoms with Gasteiger partial charge in [0.25, 0.3) is 0 Å². The topological polar surface area (TPSA) is 64.1 Å². The van der Waals surface area contributed by atoms with E-state index >= 15 is 0 Å². The van der Waals surface area contributed by atoms with E-state index in [0.717, 1.165) is 11.3 Å². The first kappa shape index (κ1) is 11.9. The first-order valence-corrected chi connectivity index (χ1v) is 6.15. The number of para-hydroxylation sites is 1. The summed E-state index contributed by atoms with van der Waals surface area (Å²) in [6.45, 7) is 0. The summed E-state index contributed by atoms with van der Waals surface area (Å²) in [7, 11) is 0. The molecule has 0 unspecified atom stereocenters. The van der Waals surface area contributed by atoms with Gasteiger partial charge in [-0.25, -0.2) is 4.79 Å². The van der Waals surface area contributed by atoms with E-state index in [4.69, 9.17) is 16.3 Å². The quantitative estimate of drug-likeness (QED) is 0.850. The average Bonchev–Trinajstić information content (AvgIpc) is 2.85. The first-order valence-electron chi connectivity index (χ1n) is 5.78. The summed E-state index contributed by atoms with van der Waals surface area (Å²) in [6.07, 6.45) is 0.607. The Labute approximate surface area is 114 Å². The Morgan fingerprint density at radius 2 is 2.11 bits per heavy atom. The van der Waals surface area contributed by atoms with Gasteiger partial charge in [-0.2, -0.15) is 0 Å². The van der Waals surface area contributed by atoms with Gasteiger partial charge in [0.05, 0.1) is 0 Å². The van der Waals surface area contributed by atoms with E-state index in [-0.39, 0.29) is 17.0 Å². The zero-order chi connectivity index (χ0) is 13.2. The summed E-state index contributed by atoms with van der Waals surface area (Å²) in [5.41, 5.74) is 2.07. The van der Waals surface area contributed by atoms with Crippen molar-refractivity contribution >= 4 is 23.3 Å². The van der Waals surface area contributed by atoms with Crippen LogP contribution in [0, 0.1) is 0 Å². The average molecular weight is 276 g/mol. The summed E-state index contributed by atoms with van der Waals surface area (Å²) in [4.78, 5) is 12.0. The van der Waals surface area contributed by atoms with E-state index < -0.39 is 6.04 Å². The fourth-order valence-electron chi connectivity index (χ4n) is 1.97. The molecule has 2 aromatic rings. The van der Waals surface area contributed by atoms with Gasteiger partial charge < -0.3 is 10.1 Å². The monoisotopic (exact) mass is 275 g/mol. The van der Waals surface area contributed by atoms with Crippen LogP contribution in [0.3, 0.4) is 0 Å². The highest BCUT2D eigenvalue weighted by Crippen LogP contribution is 2.25. The number of benzene rings is 1. The molecule has 0 saturated carbocycles. The molecule has 1 atom stereocenters. The highest BCUT2D eigenvalue weighted by atomic mass is 35.5. The Morgan fingerprint density at radius 1 is 1.26 bits per heavy atom. The number of halogens is 1. The summed E-state index contributed by atoms with van der Waals surface area (Å²) < 4.78 is 5.15. The Bertz CT molecular complexity index is 591. The number of hydrogen-bond donors (Lipinski definition) is 1. The second-order valence-corrected chi connectivity index (χ2v) is 4.56. The number of ether oxygens (including phenoxy) is 1. The fraction of sp³-hybridized carbons (Fsp3) is 0.154. The number of carbonyl (C=O) groups is 1. The van der Waals surface area contributed by atoms with Crippen molar-refractivity contribution in [1.29, 1.82) is 0 Å². The molecule has 19 heavy (non-hydrogen) atoms. The molecule has 6 heteroatoms. The molecule has 5 nitrogen and oxygen atoms in total. The van der Waals surface area contributed by atoms with E-state index in [0.29, 0.717) is 6.42 Å². The van der Waals surface area contributed by atoms with Crippen LogP contribution < -0.4 is 10.1 Å². The van der Waals surface area contributed by atoms with Gasteiger partial charge in [0.15, 0.2) is 5.15 Å². The van der Waals surface area contributed by atoms with Crippen LogP contribution in [0.4, 0.5) is 5.69 Å². The summed E-state index contributed by atoms with van der Waals surface area (Å²) in [5, 5.41) is 10.7. The molecule has 0 fully saturated rings. The molecule has 0 aliphatic carbocycles. The lowest BCUT2D eigenvalue weighted by molar-refractivity contribution is -0.135. The lowest BCUT2D eigenvalue weighted by Crippen LogP contribution is -2.31. The van der Waals surface area contributed by atoms with Crippen LogP contribution in [-0.4, -0.2) is 22.2 Å². The fourth-order valence-corrected chi connectivity index (χ4v) is 2.07. The molecule has 0 spiro atoms. The van der Waals surface area contributed by atoms with Crippen molar-refractivity contribution in [3.05, 3.63) is 47.1 Å². The van der Waals surface area contributed by atoms with E-state index in [1.54, 1.807) is 0 Å². The minimum absolute atomic E-state index is 0.146. The molecule has 96 valence electrons. The number of nitrogens with one attached hydrogen (secondary N) is 1. The Balaban J connectivity index is 1.68. The number of hydrogen-bond acceptors (Lipinski definition) is 5. The minimum Gasteiger partial charge on any atom is -0.404 e. The molecule has 1 aliphatic rings. The van der Waals surface area contributed by atoms with Crippen molar-refractivity contribution in [3.63, 3.8) is 0 Å². The van der Waals surface area contributed by atoms with Crippen molar-refractivity contribution in [1.82, 2.24) is 10.2 Å². The molecule has 1 aromatic carbocycles. The Morgan fingerprint density at radius 3 is 2.84 bits per heavy atom. The SMILES string of the molecule is O=C(Oc1ccc(Cl)nn1)[C@H]1Cc2ccccc2N1. The number of aromatic nitrogens is 2. The molecular formula is C13H10ClN3O2. The van der Waals surface area contributed by atoms with Gasteiger partial charge in [0.1, 0.15) is 6.04 Å². The van der Waals surface area contributed by atoms with Crippen molar-refractivity contribution < 1.29 is 9.53 Å².